The standard InChI is InChI=1S/C13H9Cl2FN2S/c14-8-3-1-4-9(7-8)17-13(19)18-11-6-2-5-10(15)12(11)16/h1-7H,(H2,17,18,19). The van der Waals surface area contributed by atoms with Crippen molar-refractivity contribution < 1.29 is 4.39 Å². The summed E-state index contributed by atoms with van der Waals surface area (Å²) in [7, 11) is 0. The summed E-state index contributed by atoms with van der Waals surface area (Å²) >= 11 is 16.6. The van der Waals surface area contributed by atoms with Crippen LogP contribution in [0.2, 0.25) is 10.0 Å². The maximum absolute atomic E-state index is 13.7. The fourth-order valence-corrected chi connectivity index (χ4v) is 2.04. The van der Waals surface area contributed by atoms with Gasteiger partial charge >= 0.3 is 0 Å². The first-order chi connectivity index (χ1) is 9.06. The lowest BCUT2D eigenvalue weighted by Gasteiger charge is -2.11. The first-order valence-corrected chi connectivity index (χ1v) is 6.50. The summed E-state index contributed by atoms with van der Waals surface area (Å²) in [5.74, 6) is -0.542. The number of hydrogen-bond donors (Lipinski definition) is 2. The fourth-order valence-electron chi connectivity index (χ4n) is 1.45. The van der Waals surface area contributed by atoms with Gasteiger partial charge in [0.2, 0.25) is 0 Å². The second-order valence-electron chi connectivity index (χ2n) is 3.69. The summed E-state index contributed by atoms with van der Waals surface area (Å²) in [5, 5.41) is 6.52. The van der Waals surface area contributed by atoms with Gasteiger partial charge in [0.15, 0.2) is 10.9 Å². The maximum Gasteiger partial charge on any atom is 0.175 e. The molecule has 0 aromatic heterocycles. The summed E-state index contributed by atoms with van der Waals surface area (Å²) in [4.78, 5) is 0. The third-order valence-corrected chi connectivity index (χ3v) is 3.01. The Balaban J connectivity index is 2.08. The normalized spacial score (nSPS) is 10.1. The molecule has 0 heterocycles. The minimum atomic E-state index is -0.542. The summed E-state index contributed by atoms with van der Waals surface area (Å²) in [6.45, 7) is 0. The Hall–Kier alpha value is -1.36. The highest BCUT2D eigenvalue weighted by Crippen LogP contribution is 2.22. The van der Waals surface area contributed by atoms with Crippen LogP contribution < -0.4 is 10.6 Å². The van der Waals surface area contributed by atoms with Crippen LogP contribution in [0.4, 0.5) is 15.8 Å². The van der Waals surface area contributed by atoms with Gasteiger partial charge in [-0.25, -0.2) is 4.39 Å². The van der Waals surface area contributed by atoms with E-state index in [1.807, 2.05) is 0 Å². The number of rotatable bonds is 2. The molecule has 0 saturated heterocycles. The van der Waals surface area contributed by atoms with E-state index in [1.54, 1.807) is 36.4 Å². The molecular formula is C13H9Cl2FN2S. The molecule has 6 heteroatoms. The molecule has 0 aliphatic heterocycles. The molecule has 0 fully saturated rings. The van der Waals surface area contributed by atoms with Crippen LogP contribution in [0, 0.1) is 5.82 Å². The number of halogens is 3. The van der Waals surface area contributed by atoms with E-state index in [9.17, 15) is 4.39 Å². The van der Waals surface area contributed by atoms with Crippen molar-refractivity contribution in [1.82, 2.24) is 0 Å². The number of benzene rings is 2. The molecule has 0 bridgehead atoms. The Kier molecular flexibility index (Phi) is 4.58. The summed E-state index contributed by atoms with van der Waals surface area (Å²) in [6.07, 6.45) is 0. The monoisotopic (exact) mass is 314 g/mol. The third-order valence-electron chi connectivity index (χ3n) is 2.28. The number of nitrogens with one attached hydrogen (secondary N) is 2. The predicted octanol–water partition coefficient (Wildman–Crippen LogP) is 4.94. The first kappa shape index (κ1) is 14.1. The van der Waals surface area contributed by atoms with E-state index in [2.05, 4.69) is 10.6 Å². The maximum atomic E-state index is 13.7. The summed E-state index contributed by atoms with van der Waals surface area (Å²) < 4.78 is 13.7. The Morgan fingerprint density at radius 1 is 1.05 bits per heavy atom. The lowest BCUT2D eigenvalue weighted by atomic mass is 10.3. The van der Waals surface area contributed by atoms with Gasteiger partial charge in [-0.2, -0.15) is 0 Å². The second kappa shape index (κ2) is 6.19. The Bertz CT molecular complexity index is 619. The summed E-state index contributed by atoms with van der Waals surface area (Å²) in [5.41, 5.74) is 0.930. The van der Waals surface area contributed by atoms with Crippen LogP contribution in [-0.4, -0.2) is 5.11 Å². The average molecular weight is 315 g/mol. The minimum Gasteiger partial charge on any atom is -0.332 e. The Morgan fingerprint density at radius 3 is 2.53 bits per heavy atom. The lowest BCUT2D eigenvalue weighted by Crippen LogP contribution is -2.19. The molecule has 2 nitrogen and oxygen atoms in total. The van der Waals surface area contributed by atoms with Crippen LogP contribution in [0.15, 0.2) is 42.5 Å². The van der Waals surface area contributed by atoms with Crippen LogP contribution in [0.25, 0.3) is 0 Å². The van der Waals surface area contributed by atoms with Crippen molar-refractivity contribution in [1.29, 1.82) is 0 Å². The molecule has 2 rings (SSSR count). The van der Waals surface area contributed by atoms with E-state index in [0.717, 1.165) is 0 Å². The van der Waals surface area contributed by atoms with Crippen molar-refractivity contribution in [3.8, 4) is 0 Å². The highest BCUT2D eigenvalue weighted by atomic mass is 35.5. The van der Waals surface area contributed by atoms with Crippen LogP contribution in [0.5, 0.6) is 0 Å². The molecule has 2 aromatic rings. The van der Waals surface area contributed by atoms with Crippen molar-refractivity contribution in [2.24, 2.45) is 0 Å². The SMILES string of the molecule is Fc1c(Cl)cccc1NC(=S)Nc1cccc(Cl)c1. The van der Waals surface area contributed by atoms with Crippen molar-refractivity contribution in [3.63, 3.8) is 0 Å². The number of anilines is 2. The molecule has 98 valence electrons. The van der Waals surface area contributed by atoms with Crippen molar-refractivity contribution >= 4 is 51.9 Å². The molecule has 2 aromatic carbocycles. The molecule has 2 N–H and O–H groups in total. The molecule has 0 aliphatic carbocycles. The van der Waals surface area contributed by atoms with Crippen LogP contribution in [0.1, 0.15) is 0 Å². The highest BCUT2D eigenvalue weighted by molar-refractivity contribution is 7.80. The second-order valence-corrected chi connectivity index (χ2v) is 4.94. The Morgan fingerprint density at radius 2 is 1.79 bits per heavy atom. The Labute approximate surface area is 125 Å². The molecule has 0 unspecified atom stereocenters. The zero-order valence-corrected chi connectivity index (χ0v) is 11.9. The van der Waals surface area contributed by atoms with E-state index < -0.39 is 5.82 Å². The van der Waals surface area contributed by atoms with Crippen molar-refractivity contribution in [2.75, 3.05) is 10.6 Å². The summed E-state index contributed by atoms with van der Waals surface area (Å²) in [6, 6.07) is 11.7. The molecule has 0 saturated carbocycles. The van der Waals surface area contributed by atoms with Crippen LogP contribution in [-0.2, 0) is 0 Å². The zero-order valence-electron chi connectivity index (χ0n) is 9.58. The van der Waals surface area contributed by atoms with Gasteiger partial charge < -0.3 is 10.6 Å². The predicted molar refractivity (Wildman–Crippen MR) is 82.7 cm³/mol. The van der Waals surface area contributed by atoms with E-state index >= 15 is 0 Å². The van der Waals surface area contributed by atoms with Gasteiger partial charge in [0.05, 0.1) is 10.7 Å². The molecule has 0 radical (unpaired) electrons. The topological polar surface area (TPSA) is 24.1 Å². The molecule has 0 aliphatic rings. The van der Waals surface area contributed by atoms with E-state index in [-0.39, 0.29) is 15.8 Å². The van der Waals surface area contributed by atoms with Crippen molar-refractivity contribution in [2.45, 2.75) is 0 Å². The van der Waals surface area contributed by atoms with Crippen LogP contribution >= 0.6 is 35.4 Å². The molecular weight excluding hydrogens is 306 g/mol. The van der Waals surface area contributed by atoms with E-state index in [4.69, 9.17) is 35.4 Å². The molecule has 0 atom stereocenters. The third kappa shape index (κ3) is 3.80. The molecule has 0 amide bonds. The number of thiocarbonyl (C=S) groups is 1. The number of hydrogen-bond acceptors (Lipinski definition) is 1. The van der Waals surface area contributed by atoms with Gasteiger partial charge in [-0.1, -0.05) is 35.3 Å². The minimum absolute atomic E-state index is 0.0376. The fraction of sp³-hybridized carbons (Fsp3) is 0. The van der Waals surface area contributed by atoms with Gasteiger partial charge in [-0.3, -0.25) is 0 Å². The molecule has 19 heavy (non-hydrogen) atoms. The van der Waals surface area contributed by atoms with Gasteiger partial charge in [0.25, 0.3) is 0 Å². The highest BCUT2D eigenvalue weighted by Gasteiger charge is 2.07. The molecule has 0 spiro atoms. The van der Waals surface area contributed by atoms with Crippen molar-refractivity contribution in [3.05, 3.63) is 58.3 Å². The zero-order chi connectivity index (χ0) is 13.8. The van der Waals surface area contributed by atoms with E-state index in [1.165, 1.54) is 6.07 Å². The van der Waals surface area contributed by atoms with Crippen LogP contribution in [0.3, 0.4) is 0 Å². The van der Waals surface area contributed by atoms with Gasteiger partial charge in [-0.15, -0.1) is 0 Å². The van der Waals surface area contributed by atoms with Gasteiger partial charge in [0, 0.05) is 10.7 Å². The quantitative estimate of drug-likeness (QED) is 0.768. The van der Waals surface area contributed by atoms with Gasteiger partial charge in [-0.05, 0) is 42.5 Å². The van der Waals surface area contributed by atoms with Gasteiger partial charge in [0.1, 0.15) is 0 Å². The average Bonchev–Trinajstić information content (AvgIpc) is 2.35. The van der Waals surface area contributed by atoms with E-state index in [0.29, 0.717) is 10.7 Å². The largest absolute Gasteiger partial charge is 0.332 e. The first-order valence-electron chi connectivity index (χ1n) is 5.34. The smallest absolute Gasteiger partial charge is 0.175 e. The lowest BCUT2D eigenvalue weighted by molar-refractivity contribution is 0.632.